The summed E-state index contributed by atoms with van der Waals surface area (Å²) >= 11 is 15.3. The van der Waals surface area contributed by atoms with Gasteiger partial charge in [0.1, 0.15) is 0 Å². The van der Waals surface area contributed by atoms with Crippen LogP contribution in [-0.2, 0) is 0 Å². The molecule has 0 radical (unpaired) electrons. The summed E-state index contributed by atoms with van der Waals surface area (Å²) in [6, 6.07) is 3.28. The van der Waals surface area contributed by atoms with Crippen LogP contribution in [0.1, 0.15) is 23.2 Å². The summed E-state index contributed by atoms with van der Waals surface area (Å²) in [5.74, 6) is -0.0306. The summed E-state index contributed by atoms with van der Waals surface area (Å²) in [6.07, 6.45) is 2.13. The van der Waals surface area contributed by atoms with Crippen molar-refractivity contribution in [2.45, 2.75) is 12.8 Å². The number of amides is 1. The van der Waals surface area contributed by atoms with Crippen molar-refractivity contribution >= 4 is 45.0 Å². The van der Waals surface area contributed by atoms with Crippen LogP contribution in [0, 0.1) is 0 Å². The molecular weight excluding hydrogens is 313 g/mol. The predicted molar refractivity (Wildman–Crippen MR) is 69.3 cm³/mol. The molecule has 0 atom stereocenters. The van der Waals surface area contributed by atoms with E-state index in [0.717, 1.165) is 25.9 Å². The fourth-order valence-electron chi connectivity index (χ4n) is 1.78. The Morgan fingerprint density at radius 3 is 2.44 bits per heavy atom. The lowest BCUT2D eigenvalue weighted by molar-refractivity contribution is 0.0793. The highest BCUT2D eigenvalue weighted by atomic mass is 79.9. The molecule has 2 rings (SSSR count). The van der Waals surface area contributed by atoms with E-state index >= 15 is 0 Å². The molecule has 16 heavy (non-hydrogen) atoms. The van der Waals surface area contributed by atoms with Gasteiger partial charge in [0.25, 0.3) is 5.91 Å². The van der Waals surface area contributed by atoms with Crippen LogP contribution in [0.2, 0.25) is 10.0 Å². The minimum absolute atomic E-state index is 0.0306. The average molecular weight is 323 g/mol. The third-order valence-corrected chi connectivity index (χ3v) is 4.14. The summed E-state index contributed by atoms with van der Waals surface area (Å²) in [5.41, 5.74) is 0.483. The van der Waals surface area contributed by atoms with E-state index in [1.807, 2.05) is 4.90 Å². The quantitative estimate of drug-likeness (QED) is 0.716. The molecule has 0 aliphatic carbocycles. The van der Waals surface area contributed by atoms with E-state index in [0.29, 0.717) is 20.1 Å². The summed E-state index contributed by atoms with van der Waals surface area (Å²) in [5, 5.41) is 0.945. The van der Waals surface area contributed by atoms with Crippen molar-refractivity contribution in [3.8, 4) is 0 Å². The van der Waals surface area contributed by atoms with Crippen LogP contribution in [0.3, 0.4) is 0 Å². The molecule has 1 aliphatic rings. The van der Waals surface area contributed by atoms with Crippen LogP contribution in [0.15, 0.2) is 16.6 Å². The maximum atomic E-state index is 12.1. The maximum absolute atomic E-state index is 12.1. The van der Waals surface area contributed by atoms with Crippen LogP contribution < -0.4 is 0 Å². The second-order valence-electron chi connectivity index (χ2n) is 3.75. The standard InChI is InChI=1S/C11H10BrCl2NO/c12-8-6-9(13)7(5-10(8)14)11(16)15-3-1-2-4-15/h5-6H,1-4H2. The van der Waals surface area contributed by atoms with E-state index in [1.165, 1.54) is 0 Å². The number of halogens is 3. The molecule has 1 aromatic carbocycles. The van der Waals surface area contributed by atoms with Gasteiger partial charge < -0.3 is 4.90 Å². The lowest BCUT2D eigenvalue weighted by atomic mass is 10.2. The second-order valence-corrected chi connectivity index (χ2v) is 5.41. The van der Waals surface area contributed by atoms with Gasteiger partial charge >= 0.3 is 0 Å². The highest BCUT2D eigenvalue weighted by molar-refractivity contribution is 9.10. The molecule has 86 valence electrons. The van der Waals surface area contributed by atoms with Gasteiger partial charge in [-0.2, -0.15) is 0 Å². The number of nitrogens with zero attached hydrogens (tertiary/aromatic N) is 1. The minimum atomic E-state index is -0.0306. The van der Waals surface area contributed by atoms with Crippen LogP contribution in [0.25, 0.3) is 0 Å². The Morgan fingerprint density at radius 1 is 1.19 bits per heavy atom. The number of likely N-dealkylation sites (tertiary alicyclic amines) is 1. The van der Waals surface area contributed by atoms with Gasteiger partial charge in [0, 0.05) is 17.6 Å². The van der Waals surface area contributed by atoms with E-state index in [2.05, 4.69) is 15.9 Å². The van der Waals surface area contributed by atoms with Gasteiger partial charge in [0.05, 0.1) is 15.6 Å². The third kappa shape index (κ3) is 2.36. The molecule has 1 heterocycles. The van der Waals surface area contributed by atoms with Crippen molar-refractivity contribution < 1.29 is 4.79 Å². The van der Waals surface area contributed by atoms with E-state index in [9.17, 15) is 4.79 Å². The second kappa shape index (κ2) is 4.94. The Morgan fingerprint density at radius 2 is 1.81 bits per heavy atom. The summed E-state index contributed by atoms with van der Waals surface area (Å²) in [6.45, 7) is 1.62. The van der Waals surface area contributed by atoms with E-state index < -0.39 is 0 Å². The Balaban J connectivity index is 2.32. The van der Waals surface area contributed by atoms with Gasteiger partial charge in [-0.05, 0) is 40.9 Å². The largest absolute Gasteiger partial charge is 0.339 e. The Hall–Kier alpha value is -0.250. The molecule has 1 saturated heterocycles. The molecule has 1 aliphatic heterocycles. The minimum Gasteiger partial charge on any atom is -0.339 e. The van der Waals surface area contributed by atoms with Crippen molar-refractivity contribution in [3.63, 3.8) is 0 Å². The van der Waals surface area contributed by atoms with Gasteiger partial charge in [0.15, 0.2) is 0 Å². The molecule has 0 aromatic heterocycles. The highest BCUT2D eigenvalue weighted by Gasteiger charge is 2.22. The zero-order valence-corrected chi connectivity index (χ0v) is 11.6. The molecule has 5 heteroatoms. The molecule has 1 aromatic rings. The Bertz CT molecular complexity index is 430. The number of hydrogen-bond acceptors (Lipinski definition) is 1. The highest BCUT2D eigenvalue weighted by Crippen LogP contribution is 2.30. The fourth-order valence-corrected chi connectivity index (χ4v) is 2.66. The summed E-state index contributed by atoms with van der Waals surface area (Å²) in [4.78, 5) is 13.9. The molecule has 0 bridgehead atoms. The number of carbonyl (C=O) groups excluding carboxylic acids is 1. The van der Waals surface area contributed by atoms with Crippen LogP contribution in [0.4, 0.5) is 0 Å². The number of rotatable bonds is 1. The maximum Gasteiger partial charge on any atom is 0.255 e. The van der Waals surface area contributed by atoms with Gasteiger partial charge in [0.2, 0.25) is 0 Å². The van der Waals surface area contributed by atoms with Crippen molar-refractivity contribution in [2.75, 3.05) is 13.1 Å². The molecule has 0 N–H and O–H groups in total. The molecular formula is C11H10BrCl2NO. The normalized spacial score (nSPS) is 15.6. The first kappa shape index (κ1) is 12.2. The van der Waals surface area contributed by atoms with Crippen LogP contribution >= 0.6 is 39.1 Å². The zero-order valence-electron chi connectivity index (χ0n) is 8.47. The third-order valence-electron chi connectivity index (χ3n) is 2.63. The van der Waals surface area contributed by atoms with Crippen molar-refractivity contribution in [1.82, 2.24) is 4.90 Å². The first-order valence-electron chi connectivity index (χ1n) is 5.03. The van der Waals surface area contributed by atoms with Gasteiger partial charge in [-0.15, -0.1) is 0 Å². The summed E-state index contributed by atoms with van der Waals surface area (Å²) < 4.78 is 0.706. The molecule has 1 amide bonds. The lowest BCUT2D eigenvalue weighted by Crippen LogP contribution is -2.27. The van der Waals surface area contributed by atoms with Gasteiger partial charge in [-0.25, -0.2) is 0 Å². The predicted octanol–water partition coefficient (Wildman–Crippen LogP) is 3.99. The molecule has 0 spiro atoms. The first-order valence-corrected chi connectivity index (χ1v) is 6.58. The van der Waals surface area contributed by atoms with Crippen molar-refractivity contribution in [2.24, 2.45) is 0 Å². The van der Waals surface area contributed by atoms with E-state index in [4.69, 9.17) is 23.2 Å². The smallest absolute Gasteiger partial charge is 0.255 e. The number of benzene rings is 1. The van der Waals surface area contributed by atoms with E-state index in [1.54, 1.807) is 12.1 Å². The van der Waals surface area contributed by atoms with Crippen molar-refractivity contribution in [1.29, 1.82) is 0 Å². The summed E-state index contributed by atoms with van der Waals surface area (Å²) in [7, 11) is 0. The lowest BCUT2D eigenvalue weighted by Gasteiger charge is -2.16. The van der Waals surface area contributed by atoms with Crippen molar-refractivity contribution in [3.05, 3.63) is 32.2 Å². The van der Waals surface area contributed by atoms with Gasteiger partial charge in [-0.1, -0.05) is 23.2 Å². The topological polar surface area (TPSA) is 20.3 Å². The van der Waals surface area contributed by atoms with Gasteiger partial charge in [-0.3, -0.25) is 4.79 Å². The Kier molecular flexibility index (Phi) is 3.77. The first-order chi connectivity index (χ1) is 7.59. The Labute approximate surface area is 113 Å². The SMILES string of the molecule is O=C(c1cc(Cl)c(Br)cc1Cl)N1CCCC1. The van der Waals surface area contributed by atoms with Crippen LogP contribution in [-0.4, -0.2) is 23.9 Å². The molecule has 0 unspecified atom stereocenters. The molecule has 2 nitrogen and oxygen atoms in total. The molecule has 1 fully saturated rings. The number of hydrogen-bond donors (Lipinski definition) is 0. The monoisotopic (exact) mass is 321 g/mol. The van der Waals surface area contributed by atoms with Crippen LogP contribution in [0.5, 0.6) is 0 Å². The van der Waals surface area contributed by atoms with E-state index in [-0.39, 0.29) is 5.91 Å². The average Bonchev–Trinajstić information content (AvgIpc) is 2.75. The zero-order chi connectivity index (χ0) is 11.7. The molecule has 0 saturated carbocycles. The fraction of sp³-hybridized carbons (Fsp3) is 0.364. The number of carbonyl (C=O) groups is 1.